The molecule has 0 aliphatic rings. The van der Waals surface area contributed by atoms with Gasteiger partial charge in [0, 0.05) is 11.1 Å². The Kier molecular flexibility index (Phi) is 4.01. The largest absolute Gasteiger partial charge is 0.192 e. The second-order valence-corrected chi connectivity index (χ2v) is 4.88. The van der Waals surface area contributed by atoms with E-state index in [0.29, 0.717) is 5.56 Å². The fraction of sp³-hybridized carbons (Fsp3) is 0. The minimum atomic E-state index is 0.651. The first-order chi connectivity index (χ1) is 10.8. The molecule has 0 aromatic heterocycles. The van der Waals surface area contributed by atoms with Gasteiger partial charge in [0.05, 0.1) is 11.6 Å². The molecule has 1 nitrogen and oxygen atoms in total. The Morgan fingerprint density at radius 3 is 1.50 bits per heavy atom. The summed E-state index contributed by atoms with van der Waals surface area (Å²) >= 11 is 0. The van der Waals surface area contributed by atoms with Gasteiger partial charge in [-0.25, -0.2) is 0 Å². The van der Waals surface area contributed by atoms with Gasteiger partial charge in [-0.1, -0.05) is 54.3 Å². The maximum Gasteiger partial charge on any atom is 0.0991 e. The van der Waals surface area contributed by atoms with E-state index in [0.717, 1.165) is 11.1 Å². The molecule has 0 spiro atoms. The van der Waals surface area contributed by atoms with Crippen molar-refractivity contribution in [1.29, 1.82) is 5.26 Å². The van der Waals surface area contributed by atoms with E-state index < -0.39 is 0 Å². The predicted octanol–water partition coefficient (Wildman–Crippen LogP) is 4.63. The Morgan fingerprint density at radius 1 is 0.500 bits per heavy atom. The van der Waals surface area contributed by atoms with Crippen LogP contribution < -0.4 is 0 Å². The molecule has 0 radical (unpaired) electrons. The highest BCUT2D eigenvalue weighted by molar-refractivity contribution is 5.64. The van der Waals surface area contributed by atoms with Gasteiger partial charge < -0.3 is 0 Å². The summed E-state index contributed by atoms with van der Waals surface area (Å²) in [4.78, 5) is 0. The first-order valence-electron chi connectivity index (χ1n) is 7.03. The van der Waals surface area contributed by atoms with Crippen LogP contribution in [0.4, 0.5) is 0 Å². The monoisotopic (exact) mass is 279 g/mol. The molecule has 22 heavy (non-hydrogen) atoms. The maximum atomic E-state index is 8.77. The van der Waals surface area contributed by atoms with E-state index in [1.54, 1.807) is 12.1 Å². The molecular formula is C21H13N. The molecule has 3 aromatic carbocycles. The Balaban J connectivity index is 1.79. The Bertz CT molecular complexity index is 856. The van der Waals surface area contributed by atoms with Crippen molar-refractivity contribution in [2.24, 2.45) is 0 Å². The molecular weight excluding hydrogens is 266 g/mol. The highest BCUT2D eigenvalue weighted by atomic mass is 14.2. The molecule has 0 atom stereocenters. The molecule has 0 heterocycles. The van der Waals surface area contributed by atoms with Gasteiger partial charge in [-0.3, -0.25) is 0 Å². The lowest BCUT2D eigenvalue weighted by atomic mass is 10.0. The minimum absolute atomic E-state index is 0.651. The summed E-state index contributed by atoms with van der Waals surface area (Å²) in [5.41, 5.74) is 4.92. The number of hydrogen-bond donors (Lipinski definition) is 0. The van der Waals surface area contributed by atoms with Gasteiger partial charge in [-0.15, -0.1) is 0 Å². The Hall–Kier alpha value is -3.29. The van der Waals surface area contributed by atoms with Crippen molar-refractivity contribution in [2.45, 2.75) is 0 Å². The molecule has 0 N–H and O–H groups in total. The normalized spacial score (nSPS) is 9.41. The molecule has 0 bridgehead atoms. The van der Waals surface area contributed by atoms with Crippen molar-refractivity contribution in [1.82, 2.24) is 0 Å². The molecule has 0 fully saturated rings. The third-order valence-electron chi connectivity index (χ3n) is 3.36. The molecule has 0 saturated carbocycles. The van der Waals surface area contributed by atoms with Gasteiger partial charge in [0.2, 0.25) is 0 Å². The molecule has 1 heteroatoms. The van der Waals surface area contributed by atoms with E-state index in [-0.39, 0.29) is 0 Å². The lowest BCUT2D eigenvalue weighted by Crippen LogP contribution is -1.80. The topological polar surface area (TPSA) is 23.8 Å². The fourth-order valence-electron chi connectivity index (χ4n) is 2.15. The third-order valence-corrected chi connectivity index (χ3v) is 3.36. The van der Waals surface area contributed by atoms with Crippen LogP contribution in [-0.2, 0) is 0 Å². The van der Waals surface area contributed by atoms with Crippen molar-refractivity contribution in [2.75, 3.05) is 0 Å². The van der Waals surface area contributed by atoms with Crippen LogP contribution in [0, 0.1) is 23.2 Å². The summed E-state index contributed by atoms with van der Waals surface area (Å²) in [7, 11) is 0. The summed E-state index contributed by atoms with van der Waals surface area (Å²) in [6, 6.07) is 27.9. The molecule has 0 unspecified atom stereocenters. The quantitative estimate of drug-likeness (QED) is 0.596. The first kappa shape index (κ1) is 13.7. The van der Waals surface area contributed by atoms with Gasteiger partial charge in [0.25, 0.3) is 0 Å². The molecule has 0 saturated heterocycles. The molecule has 0 aliphatic heterocycles. The van der Waals surface area contributed by atoms with Crippen LogP contribution in [0.5, 0.6) is 0 Å². The van der Waals surface area contributed by atoms with Crippen molar-refractivity contribution in [3.8, 4) is 29.0 Å². The van der Waals surface area contributed by atoms with Crippen LogP contribution in [0.1, 0.15) is 16.7 Å². The first-order valence-corrected chi connectivity index (χ1v) is 7.03. The number of benzene rings is 3. The standard InChI is InChI=1S/C21H13N/c22-16-19-10-8-17(9-11-19)6-7-18-12-14-21(15-13-18)20-4-2-1-3-5-20/h1-5,8-15H. The van der Waals surface area contributed by atoms with Crippen molar-refractivity contribution in [3.05, 3.63) is 95.6 Å². The lowest BCUT2D eigenvalue weighted by molar-refractivity contribution is 1.48. The predicted molar refractivity (Wildman–Crippen MR) is 89.0 cm³/mol. The van der Waals surface area contributed by atoms with E-state index in [2.05, 4.69) is 42.2 Å². The average molecular weight is 279 g/mol. The van der Waals surface area contributed by atoms with Gasteiger partial charge in [-0.05, 0) is 47.5 Å². The summed E-state index contributed by atoms with van der Waals surface area (Å²) < 4.78 is 0. The van der Waals surface area contributed by atoms with E-state index in [1.807, 2.05) is 42.5 Å². The Morgan fingerprint density at radius 2 is 0.955 bits per heavy atom. The van der Waals surface area contributed by atoms with Crippen LogP contribution in [0.3, 0.4) is 0 Å². The number of nitrogens with zero attached hydrogens (tertiary/aromatic N) is 1. The van der Waals surface area contributed by atoms with Crippen LogP contribution in [0.2, 0.25) is 0 Å². The average Bonchev–Trinajstić information content (AvgIpc) is 2.61. The van der Waals surface area contributed by atoms with E-state index >= 15 is 0 Å². The van der Waals surface area contributed by atoms with Gasteiger partial charge in [-0.2, -0.15) is 5.26 Å². The second kappa shape index (κ2) is 6.44. The van der Waals surface area contributed by atoms with Crippen LogP contribution >= 0.6 is 0 Å². The summed E-state index contributed by atoms with van der Waals surface area (Å²) in [5, 5.41) is 8.77. The van der Waals surface area contributed by atoms with E-state index in [4.69, 9.17) is 5.26 Å². The third kappa shape index (κ3) is 3.23. The SMILES string of the molecule is N#Cc1ccc(C#Cc2ccc(-c3ccccc3)cc2)cc1. The van der Waals surface area contributed by atoms with Gasteiger partial charge in [0.1, 0.15) is 0 Å². The molecule has 0 aliphatic carbocycles. The zero-order valence-electron chi connectivity index (χ0n) is 12.0. The van der Waals surface area contributed by atoms with Gasteiger partial charge >= 0.3 is 0 Å². The van der Waals surface area contributed by atoms with Crippen molar-refractivity contribution in [3.63, 3.8) is 0 Å². The second-order valence-electron chi connectivity index (χ2n) is 4.88. The van der Waals surface area contributed by atoms with Gasteiger partial charge in [0.15, 0.2) is 0 Å². The van der Waals surface area contributed by atoms with Crippen LogP contribution in [0.25, 0.3) is 11.1 Å². The highest BCUT2D eigenvalue weighted by Gasteiger charge is 1.95. The van der Waals surface area contributed by atoms with Crippen LogP contribution in [-0.4, -0.2) is 0 Å². The fourth-order valence-corrected chi connectivity index (χ4v) is 2.15. The lowest BCUT2D eigenvalue weighted by Gasteiger charge is -2.00. The molecule has 3 aromatic rings. The van der Waals surface area contributed by atoms with E-state index in [9.17, 15) is 0 Å². The number of nitriles is 1. The molecule has 102 valence electrons. The van der Waals surface area contributed by atoms with Crippen molar-refractivity contribution >= 4 is 0 Å². The number of rotatable bonds is 1. The maximum absolute atomic E-state index is 8.77. The molecule has 3 rings (SSSR count). The molecule has 0 amide bonds. The van der Waals surface area contributed by atoms with E-state index in [1.165, 1.54) is 11.1 Å². The Labute approximate surface area is 130 Å². The zero-order valence-corrected chi connectivity index (χ0v) is 12.0. The number of hydrogen-bond acceptors (Lipinski definition) is 1. The van der Waals surface area contributed by atoms with Crippen molar-refractivity contribution < 1.29 is 0 Å². The zero-order chi connectivity index (χ0) is 15.2. The van der Waals surface area contributed by atoms with Crippen LogP contribution in [0.15, 0.2) is 78.9 Å². The summed E-state index contributed by atoms with van der Waals surface area (Å²) in [5.74, 6) is 6.26. The summed E-state index contributed by atoms with van der Waals surface area (Å²) in [6.07, 6.45) is 0. The minimum Gasteiger partial charge on any atom is -0.192 e. The highest BCUT2D eigenvalue weighted by Crippen LogP contribution is 2.18. The summed E-state index contributed by atoms with van der Waals surface area (Å²) in [6.45, 7) is 0. The smallest absolute Gasteiger partial charge is 0.0991 e.